The summed E-state index contributed by atoms with van der Waals surface area (Å²) in [5.74, 6) is -0.123. The molecule has 0 amide bonds. The summed E-state index contributed by atoms with van der Waals surface area (Å²) >= 11 is 0. The van der Waals surface area contributed by atoms with E-state index in [1.807, 2.05) is 0 Å². The summed E-state index contributed by atoms with van der Waals surface area (Å²) in [5, 5.41) is 19.7. The minimum Gasteiger partial charge on any atom is -0.258 e. The van der Waals surface area contributed by atoms with Crippen LogP contribution in [0, 0.1) is 34.3 Å². The van der Waals surface area contributed by atoms with Gasteiger partial charge in [0.05, 0.1) is 15.9 Å². The molecule has 0 unspecified atom stereocenters. The zero-order chi connectivity index (χ0) is 15.6. The number of aryl methyl sites for hydroxylation is 1. The number of piperidine rings is 1. The highest BCUT2D eigenvalue weighted by Gasteiger charge is 2.31. The van der Waals surface area contributed by atoms with Gasteiger partial charge in [-0.05, 0) is 25.3 Å². The molecule has 0 radical (unpaired) electrons. The van der Waals surface area contributed by atoms with Gasteiger partial charge in [-0.2, -0.15) is 9.57 Å². The van der Waals surface area contributed by atoms with Crippen LogP contribution in [0.5, 0.6) is 0 Å². The second-order valence-electron chi connectivity index (χ2n) is 5.01. The van der Waals surface area contributed by atoms with E-state index in [-0.39, 0.29) is 29.6 Å². The zero-order valence-corrected chi connectivity index (χ0v) is 12.3. The fraction of sp³-hybridized carbons (Fsp3) is 0.462. The van der Waals surface area contributed by atoms with Crippen LogP contribution in [0.15, 0.2) is 23.1 Å². The number of benzene rings is 1. The highest BCUT2D eigenvalue weighted by Crippen LogP contribution is 2.27. The second kappa shape index (κ2) is 5.79. The lowest BCUT2D eigenvalue weighted by Gasteiger charge is -2.28. The van der Waals surface area contributed by atoms with Crippen LogP contribution in [-0.4, -0.2) is 30.7 Å². The standard InChI is InChI=1S/C13H15N3O4S/c1-10-2-3-12(16(17)18)8-13(10)21(19,20)15-6-4-11(9-14)5-7-15/h2-3,8,11H,4-7H2,1H3. The third-order valence-corrected chi connectivity index (χ3v) is 5.68. The molecule has 1 aromatic carbocycles. The summed E-state index contributed by atoms with van der Waals surface area (Å²) in [6.07, 6.45) is 0.980. The van der Waals surface area contributed by atoms with E-state index < -0.39 is 14.9 Å². The minimum absolute atomic E-state index is 0.0351. The van der Waals surface area contributed by atoms with Gasteiger partial charge in [-0.3, -0.25) is 10.1 Å². The molecule has 1 fully saturated rings. The summed E-state index contributed by atoms with van der Waals surface area (Å²) in [7, 11) is -3.76. The molecule has 0 saturated carbocycles. The Hall–Kier alpha value is -1.98. The van der Waals surface area contributed by atoms with Crippen molar-refractivity contribution in [2.24, 2.45) is 5.92 Å². The third kappa shape index (κ3) is 3.04. The molecule has 0 N–H and O–H groups in total. The minimum atomic E-state index is -3.76. The fourth-order valence-corrected chi connectivity index (χ4v) is 4.06. The maximum Gasteiger partial charge on any atom is 0.270 e. The van der Waals surface area contributed by atoms with Gasteiger partial charge in [-0.1, -0.05) is 6.07 Å². The van der Waals surface area contributed by atoms with Crippen molar-refractivity contribution in [3.05, 3.63) is 33.9 Å². The molecule has 0 aromatic heterocycles. The Bertz CT molecular complexity index is 701. The first-order valence-corrected chi connectivity index (χ1v) is 7.95. The average Bonchev–Trinajstić information content (AvgIpc) is 2.47. The van der Waals surface area contributed by atoms with Crippen LogP contribution in [0.1, 0.15) is 18.4 Å². The topological polar surface area (TPSA) is 104 Å². The van der Waals surface area contributed by atoms with Gasteiger partial charge in [0.15, 0.2) is 0 Å². The smallest absolute Gasteiger partial charge is 0.258 e. The molecule has 21 heavy (non-hydrogen) atoms. The SMILES string of the molecule is Cc1ccc([N+](=O)[O-])cc1S(=O)(=O)N1CCC(C#N)CC1. The molecular formula is C13H15N3O4S. The summed E-state index contributed by atoms with van der Waals surface area (Å²) in [6.45, 7) is 2.14. The Balaban J connectivity index is 2.34. The summed E-state index contributed by atoms with van der Waals surface area (Å²) in [4.78, 5) is 10.2. The van der Waals surface area contributed by atoms with Crippen LogP contribution in [0.25, 0.3) is 0 Å². The van der Waals surface area contributed by atoms with Crippen molar-refractivity contribution < 1.29 is 13.3 Å². The van der Waals surface area contributed by atoms with Gasteiger partial charge in [0.25, 0.3) is 5.69 Å². The van der Waals surface area contributed by atoms with Gasteiger partial charge >= 0.3 is 0 Å². The number of sulfonamides is 1. The van der Waals surface area contributed by atoms with E-state index >= 15 is 0 Å². The van der Waals surface area contributed by atoms with E-state index in [9.17, 15) is 18.5 Å². The quantitative estimate of drug-likeness (QED) is 0.625. The van der Waals surface area contributed by atoms with Crippen LogP contribution in [-0.2, 0) is 10.0 Å². The fourth-order valence-electron chi connectivity index (χ4n) is 2.34. The molecule has 112 valence electrons. The van der Waals surface area contributed by atoms with Gasteiger partial charge in [-0.25, -0.2) is 8.42 Å². The molecule has 1 aliphatic rings. The predicted molar refractivity (Wildman–Crippen MR) is 74.9 cm³/mol. The van der Waals surface area contributed by atoms with Crippen molar-refractivity contribution in [1.29, 1.82) is 5.26 Å². The third-order valence-electron chi connectivity index (χ3n) is 3.64. The molecule has 0 aliphatic carbocycles. The van der Waals surface area contributed by atoms with Crippen molar-refractivity contribution in [2.75, 3.05) is 13.1 Å². The van der Waals surface area contributed by atoms with Gasteiger partial charge in [0.1, 0.15) is 0 Å². The number of hydrogen-bond donors (Lipinski definition) is 0. The molecule has 0 bridgehead atoms. The molecule has 1 heterocycles. The van der Waals surface area contributed by atoms with Crippen molar-refractivity contribution in [3.8, 4) is 6.07 Å². The Kier molecular flexibility index (Phi) is 4.25. The Morgan fingerprint density at radius 3 is 2.52 bits per heavy atom. The summed E-state index contributed by atoms with van der Waals surface area (Å²) < 4.78 is 26.5. The first kappa shape index (κ1) is 15.4. The van der Waals surface area contributed by atoms with Crippen LogP contribution < -0.4 is 0 Å². The number of hydrogen-bond acceptors (Lipinski definition) is 5. The molecule has 0 spiro atoms. The second-order valence-corrected chi connectivity index (χ2v) is 6.92. The number of non-ortho nitro benzene ring substituents is 1. The number of nitrogens with zero attached hydrogens (tertiary/aromatic N) is 3. The van der Waals surface area contributed by atoms with Crippen LogP contribution in [0.3, 0.4) is 0 Å². The molecule has 7 nitrogen and oxygen atoms in total. The molecule has 1 aliphatic heterocycles. The van der Waals surface area contributed by atoms with Crippen molar-refractivity contribution in [3.63, 3.8) is 0 Å². The highest BCUT2D eigenvalue weighted by atomic mass is 32.2. The van der Waals surface area contributed by atoms with Crippen molar-refractivity contribution in [2.45, 2.75) is 24.7 Å². The van der Waals surface area contributed by atoms with E-state index in [2.05, 4.69) is 6.07 Å². The van der Waals surface area contributed by atoms with E-state index in [0.29, 0.717) is 18.4 Å². The average molecular weight is 309 g/mol. The molecular weight excluding hydrogens is 294 g/mol. The lowest BCUT2D eigenvalue weighted by molar-refractivity contribution is -0.385. The number of nitro groups is 1. The van der Waals surface area contributed by atoms with Crippen LogP contribution in [0.2, 0.25) is 0 Å². The van der Waals surface area contributed by atoms with E-state index in [4.69, 9.17) is 5.26 Å². The molecule has 0 atom stereocenters. The lowest BCUT2D eigenvalue weighted by atomic mass is 10.0. The first-order valence-electron chi connectivity index (χ1n) is 6.51. The monoisotopic (exact) mass is 309 g/mol. The molecule has 1 aromatic rings. The molecule has 2 rings (SSSR count). The van der Waals surface area contributed by atoms with Gasteiger partial charge in [0, 0.05) is 31.1 Å². The Morgan fingerprint density at radius 2 is 2.00 bits per heavy atom. The Labute approximate surface area is 123 Å². The number of rotatable bonds is 3. The lowest BCUT2D eigenvalue weighted by Crippen LogP contribution is -2.38. The summed E-state index contributed by atoms with van der Waals surface area (Å²) in [5.41, 5.74) is 0.231. The van der Waals surface area contributed by atoms with Crippen molar-refractivity contribution in [1.82, 2.24) is 4.31 Å². The van der Waals surface area contributed by atoms with Crippen molar-refractivity contribution >= 4 is 15.7 Å². The maximum absolute atomic E-state index is 12.6. The summed E-state index contributed by atoms with van der Waals surface area (Å²) in [6, 6.07) is 5.96. The van der Waals surface area contributed by atoms with Crippen LogP contribution >= 0.6 is 0 Å². The largest absolute Gasteiger partial charge is 0.270 e. The molecule has 8 heteroatoms. The van der Waals surface area contributed by atoms with E-state index in [1.165, 1.54) is 16.4 Å². The van der Waals surface area contributed by atoms with Gasteiger partial charge in [0.2, 0.25) is 10.0 Å². The van der Waals surface area contributed by atoms with Gasteiger partial charge in [-0.15, -0.1) is 0 Å². The maximum atomic E-state index is 12.6. The van der Waals surface area contributed by atoms with Gasteiger partial charge < -0.3 is 0 Å². The first-order chi connectivity index (χ1) is 9.86. The normalized spacial score (nSPS) is 17.3. The number of nitriles is 1. The zero-order valence-electron chi connectivity index (χ0n) is 11.5. The highest BCUT2D eigenvalue weighted by molar-refractivity contribution is 7.89. The number of nitro benzene ring substituents is 1. The van der Waals surface area contributed by atoms with E-state index in [0.717, 1.165) is 6.07 Å². The van der Waals surface area contributed by atoms with E-state index in [1.54, 1.807) is 6.92 Å². The predicted octanol–water partition coefficient (Wildman–Crippen LogP) is 1.83. The van der Waals surface area contributed by atoms with Crippen LogP contribution in [0.4, 0.5) is 5.69 Å². The Morgan fingerprint density at radius 1 is 1.38 bits per heavy atom. The molecule has 1 saturated heterocycles.